The summed E-state index contributed by atoms with van der Waals surface area (Å²) in [6.45, 7) is 3.47. The van der Waals surface area contributed by atoms with Crippen LogP contribution < -0.4 is 10.2 Å². The van der Waals surface area contributed by atoms with Gasteiger partial charge in [0.05, 0.1) is 0 Å². The molecule has 0 unspecified atom stereocenters. The number of nitrogens with one attached hydrogen (secondary N) is 1. The predicted molar refractivity (Wildman–Crippen MR) is 87.4 cm³/mol. The van der Waals surface area contributed by atoms with Crippen LogP contribution in [0.25, 0.3) is 0 Å². The molecule has 2 aromatic rings. The first-order valence-electron chi connectivity index (χ1n) is 7.00. The van der Waals surface area contributed by atoms with E-state index in [9.17, 15) is 4.79 Å². The molecule has 3 rings (SSSR count). The molecule has 1 N–H and O–H groups in total. The number of carbonyl (C=O) groups excluding carboxylic acids is 1. The standard InChI is InChI=1S/C14H16ClN5OS/c15-12-2-1-11(9-17-12)10-18-13(21)19-4-6-20(7-5-19)14-16-3-8-22-14/h1-3,8-9H,4-7,10H2,(H,18,21). The molecular formula is C14H16ClN5OS. The molecule has 0 radical (unpaired) electrons. The molecule has 1 aliphatic rings. The molecular weight excluding hydrogens is 322 g/mol. The van der Waals surface area contributed by atoms with Gasteiger partial charge in [-0.1, -0.05) is 17.7 Å². The quantitative estimate of drug-likeness (QED) is 0.872. The smallest absolute Gasteiger partial charge is 0.317 e. The van der Waals surface area contributed by atoms with Crippen molar-refractivity contribution in [1.82, 2.24) is 20.2 Å². The van der Waals surface area contributed by atoms with Crippen LogP contribution in [0.15, 0.2) is 29.9 Å². The number of thiazole rings is 1. The highest BCUT2D eigenvalue weighted by Crippen LogP contribution is 2.18. The Balaban J connectivity index is 1.46. The Hall–Kier alpha value is -1.86. The number of rotatable bonds is 3. The van der Waals surface area contributed by atoms with Crippen LogP contribution >= 0.6 is 22.9 Å². The number of halogens is 1. The van der Waals surface area contributed by atoms with E-state index in [1.165, 1.54) is 0 Å². The molecule has 0 aromatic carbocycles. The number of piperazine rings is 1. The molecule has 1 saturated heterocycles. The topological polar surface area (TPSA) is 61.4 Å². The molecule has 2 amide bonds. The van der Waals surface area contributed by atoms with Crippen molar-refractivity contribution < 1.29 is 4.79 Å². The molecule has 6 nitrogen and oxygen atoms in total. The Kier molecular flexibility index (Phi) is 4.74. The Morgan fingerprint density at radius 1 is 1.27 bits per heavy atom. The van der Waals surface area contributed by atoms with Gasteiger partial charge >= 0.3 is 6.03 Å². The van der Waals surface area contributed by atoms with Crippen LogP contribution in [0.4, 0.5) is 9.93 Å². The molecule has 2 aromatic heterocycles. The van der Waals surface area contributed by atoms with Gasteiger partial charge in [-0.25, -0.2) is 14.8 Å². The Labute approximate surface area is 137 Å². The zero-order chi connectivity index (χ0) is 15.4. The van der Waals surface area contributed by atoms with Gasteiger partial charge in [0.25, 0.3) is 0 Å². The van der Waals surface area contributed by atoms with Gasteiger partial charge < -0.3 is 15.1 Å². The lowest BCUT2D eigenvalue weighted by Crippen LogP contribution is -2.51. The molecule has 22 heavy (non-hydrogen) atoms. The highest BCUT2D eigenvalue weighted by atomic mass is 35.5. The first-order valence-corrected chi connectivity index (χ1v) is 8.26. The third kappa shape index (κ3) is 3.66. The number of carbonyl (C=O) groups is 1. The third-order valence-electron chi connectivity index (χ3n) is 3.49. The van der Waals surface area contributed by atoms with Gasteiger partial charge in [0.2, 0.25) is 0 Å². The minimum Gasteiger partial charge on any atom is -0.345 e. The number of aromatic nitrogens is 2. The summed E-state index contributed by atoms with van der Waals surface area (Å²) in [4.78, 5) is 24.5. The van der Waals surface area contributed by atoms with E-state index in [-0.39, 0.29) is 6.03 Å². The van der Waals surface area contributed by atoms with Gasteiger partial charge in [-0.2, -0.15) is 0 Å². The molecule has 3 heterocycles. The highest BCUT2D eigenvalue weighted by molar-refractivity contribution is 7.13. The Morgan fingerprint density at radius 2 is 2.09 bits per heavy atom. The number of anilines is 1. The van der Waals surface area contributed by atoms with Gasteiger partial charge in [-0.05, 0) is 11.6 Å². The summed E-state index contributed by atoms with van der Waals surface area (Å²) in [5, 5.41) is 6.35. The molecule has 1 aliphatic heterocycles. The van der Waals surface area contributed by atoms with Crippen LogP contribution in [-0.2, 0) is 6.54 Å². The summed E-state index contributed by atoms with van der Waals surface area (Å²) in [5.74, 6) is 0. The Bertz CT molecular complexity index is 611. The second-order valence-corrected chi connectivity index (χ2v) is 6.20. The van der Waals surface area contributed by atoms with Crippen LogP contribution in [0.1, 0.15) is 5.56 Å². The summed E-state index contributed by atoms with van der Waals surface area (Å²) in [6.07, 6.45) is 3.47. The number of amides is 2. The van der Waals surface area contributed by atoms with Gasteiger partial charge in [-0.15, -0.1) is 11.3 Å². The summed E-state index contributed by atoms with van der Waals surface area (Å²) < 4.78 is 0. The van der Waals surface area contributed by atoms with Crippen LogP contribution in [0, 0.1) is 0 Å². The van der Waals surface area contributed by atoms with Crippen LogP contribution in [0.5, 0.6) is 0 Å². The fraction of sp³-hybridized carbons (Fsp3) is 0.357. The lowest BCUT2D eigenvalue weighted by Gasteiger charge is -2.34. The minimum absolute atomic E-state index is 0.0475. The lowest BCUT2D eigenvalue weighted by molar-refractivity contribution is 0.194. The third-order valence-corrected chi connectivity index (χ3v) is 4.54. The SMILES string of the molecule is O=C(NCc1ccc(Cl)nc1)N1CCN(c2nccs2)CC1. The Morgan fingerprint density at radius 3 is 2.73 bits per heavy atom. The van der Waals surface area contributed by atoms with Crippen molar-refractivity contribution in [2.45, 2.75) is 6.54 Å². The molecule has 0 aliphatic carbocycles. The van der Waals surface area contributed by atoms with E-state index in [1.807, 2.05) is 16.3 Å². The summed E-state index contributed by atoms with van der Waals surface area (Å²) >= 11 is 7.36. The number of hydrogen-bond acceptors (Lipinski definition) is 5. The fourth-order valence-corrected chi connectivity index (χ4v) is 3.08. The van der Waals surface area contributed by atoms with Gasteiger partial charge in [0, 0.05) is 50.5 Å². The van der Waals surface area contributed by atoms with Crippen molar-refractivity contribution in [1.29, 1.82) is 0 Å². The minimum atomic E-state index is -0.0475. The molecule has 116 valence electrons. The molecule has 0 bridgehead atoms. The van der Waals surface area contributed by atoms with Crippen molar-refractivity contribution in [3.8, 4) is 0 Å². The number of pyridine rings is 1. The normalized spacial score (nSPS) is 15.0. The number of hydrogen-bond donors (Lipinski definition) is 1. The average Bonchev–Trinajstić information content (AvgIpc) is 3.09. The average molecular weight is 338 g/mol. The van der Waals surface area contributed by atoms with Crippen LogP contribution in [0.3, 0.4) is 0 Å². The van der Waals surface area contributed by atoms with E-state index in [0.29, 0.717) is 24.8 Å². The van der Waals surface area contributed by atoms with Crippen molar-refractivity contribution in [2.75, 3.05) is 31.1 Å². The van der Waals surface area contributed by atoms with E-state index >= 15 is 0 Å². The van der Waals surface area contributed by atoms with Crippen LogP contribution in [-0.4, -0.2) is 47.1 Å². The van der Waals surface area contributed by atoms with Crippen molar-refractivity contribution >= 4 is 34.1 Å². The maximum absolute atomic E-state index is 12.2. The van der Waals surface area contributed by atoms with E-state index < -0.39 is 0 Å². The summed E-state index contributed by atoms with van der Waals surface area (Å²) in [5.41, 5.74) is 0.930. The summed E-state index contributed by atoms with van der Waals surface area (Å²) in [6, 6.07) is 3.53. The predicted octanol–water partition coefficient (Wildman–Crippen LogP) is 2.22. The summed E-state index contributed by atoms with van der Waals surface area (Å²) in [7, 11) is 0. The van der Waals surface area contributed by atoms with Gasteiger partial charge in [-0.3, -0.25) is 0 Å². The molecule has 0 spiro atoms. The largest absolute Gasteiger partial charge is 0.345 e. The van der Waals surface area contributed by atoms with E-state index in [1.54, 1.807) is 29.8 Å². The number of urea groups is 1. The van der Waals surface area contributed by atoms with Crippen molar-refractivity contribution in [3.63, 3.8) is 0 Å². The second kappa shape index (κ2) is 6.93. The molecule has 8 heteroatoms. The van der Waals surface area contributed by atoms with Gasteiger partial charge in [0.15, 0.2) is 5.13 Å². The van der Waals surface area contributed by atoms with Crippen molar-refractivity contribution in [2.24, 2.45) is 0 Å². The maximum atomic E-state index is 12.2. The molecule has 1 fully saturated rings. The van der Waals surface area contributed by atoms with Crippen LogP contribution in [0.2, 0.25) is 5.15 Å². The van der Waals surface area contributed by atoms with Gasteiger partial charge in [0.1, 0.15) is 5.15 Å². The second-order valence-electron chi connectivity index (χ2n) is 4.94. The zero-order valence-corrected chi connectivity index (χ0v) is 13.5. The fourth-order valence-electron chi connectivity index (χ4n) is 2.27. The highest BCUT2D eigenvalue weighted by Gasteiger charge is 2.22. The molecule has 0 saturated carbocycles. The van der Waals surface area contributed by atoms with E-state index in [0.717, 1.165) is 23.8 Å². The van der Waals surface area contributed by atoms with E-state index in [4.69, 9.17) is 11.6 Å². The first-order chi connectivity index (χ1) is 10.7. The zero-order valence-electron chi connectivity index (χ0n) is 11.9. The van der Waals surface area contributed by atoms with Crippen molar-refractivity contribution in [3.05, 3.63) is 40.6 Å². The maximum Gasteiger partial charge on any atom is 0.317 e. The number of nitrogens with zero attached hydrogens (tertiary/aromatic N) is 4. The lowest BCUT2D eigenvalue weighted by atomic mass is 10.3. The monoisotopic (exact) mass is 337 g/mol. The van der Waals surface area contributed by atoms with E-state index in [2.05, 4.69) is 20.2 Å². The molecule has 0 atom stereocenters. The first kappa shape index (κ1) is 15.1.